The third kappa shape index (κ3) is 2.44. The maximum absolute atomic E-state index is 9.76. The maximum Gasteiger partial charge on any atom is 0.244 e. The molecular weight excluding hydrogens is 324 g/mol. The van der Waals surface area contributed by atoms with Crippen molar-refractivity contribution in [3.63, 3.8) is 0 Å². The first kappa shape index (κ1) is 16.0. The average molecular weight is 342 g/mol. The van der Waals surface area contributed by atoms with Gasteiger partial charge < -0.3 is 10.5 Å². The van der Waals surface area contributed by atoms with E-state index in [-0.39, 0.29) is 11.8 Å². The van der Waals surface area contributed by atoms with Crippen molar-refractivity contribution in [1.29, 1.82) is 5.26 Å². The van der Waals surface area contributed by atoms with Gasteiger partial charge in [0, 0.05) is 0 Å². The van der Waals surface area contributed by atoms with Gasteiger partial charge in [0.2, 0.25) is 11.8 Å². The fourth-order valence-corrected chi connectivity index (χ4v) is 3.53. The van der Waals surface area contributed by atoms with E-state index in [1.807, 2.05) is 43.3 Å². The standard InChI is InChI=1S/C21H18N4O/c1-12-8-9-15(13(2)10-12)17-16(11-22)20(23)26-21-18(17)19(24-25-21)14-6-4-3-5-7-14/h3-10,17H,23H2,1-2H3,(H,24,25)/t17-/m0/s1. The number of fused-ring (bicyclic) bond motifs is 1. The number of allylic oxidation sites excluding steroid dienone is 1. The van der Waals surface area contributed by atoms with Crippen LogP contribution in [-0.4, -0.2) is 10.2 Å². The molecule has 0 bridgehead atoms. The molecule has 1 aliphatic heterocycles. The van der Waals surface area contributed by atoms with Gasteiger partial charge in [-0.1, -0.05) is 54.1 Å². The van der Waals surface area contributed by atoms with Gasteiger partial charge in [-0.2, -0.15) is 5.26 Å². The van der Waals surface area contributed by atoms with E-state index in [0.29, 0.717) is 11.5 Å². The van der Waals surface area contributed by atoms with Gasteiger partial charge in [-0.05, 0) is 30.5 Å². The zero-order chi connectivity index (χ0) is 18.3. The summed E-state index contributed by atoms with van der Waals surface area (Å²) < 4.78 is 5.65. The van der Waals surface area contributed by atoms with E-state index in [9.17, 15) is 5.26 Å². The molecular formula is C21H18N4O. The van der Waals surface area contributed by atoms with E-state index in [1.165, 1.54) is 5.56 Å². The van der Waals surface area contributed by atoms with Gasteiger partial charge in [-0.25, -0.2) is 0 Å². The second kappa shape index (κ2) is 6.08. The number of benzene rings is 2. The maximum atomic E-state index is 9.76. The van der Waals surface area contributed by atoms with Crippen LogP contribution >= 0.6 is 0 Å². The molecule has 5 nitrogen and oxygen atoms in total. The number of nitrogens with one attached hydrogen (secondary N) is 1. The van der Waals surface area contributed by atoms with Crippen LogP contribution in [0.3, 0.4) is 0 Å². The first-order chi connectivity index (χ1) is 12.6. The fourth-order valence-electron chi connectivity index (χ4n) is 3.53. The molecule has 0 fully saturated rings. The summed E-state index contributed by atoms with van der Waals surface area (Å²) in [5.41, 5.74) is 12.4. The predicted octanol–water partition coefficient (Wildman–Crippen LogP) is 3.91. The number of aromatic amines is 1. The molecule has 0 spiro atoms. The van der Waals surface area contributed by atoms with Crippen molar-refractivity contribution in [3.8, 4) is 23.2 Å². The van der Waals surface area contributed by atoms with Crippen LogP contribution < -0.4 is 10.5 Å². The minimum atomic E-state index is -0.321. The zero-order valence-electron chi connectivity index (χ0n) is 14.6. The largest absolute Gasteiger partial charge is 0.420 e. The van der Waals surface area contributed by atoms with Crippen molar-refractivity contribution in [3.05, 3.63) is 82.2 Å². The lowest BCUT2D eigenvalue weighted by molar-refractivity contribution is 0.379. The van der Waals surface area contributed by atoms with Crippen LogP contribution in [0.5, 0.6) is 5.88 Å². The Morgan fingerprint density at radius 1 is 1.15 bits per heavy atom. The Morgan fingerprint density at radius 3 is 2.62 bits per heavy atom. The summed E-state index contributed by atoms with van der Waals surface area (Å²) in [4.78, 5) is 0. The first-order valence-corrected chi connectivity index (χ1v) is 8.38. The number of hydrogen-bond donors (Lipinski definition) is 2. The van der Waals surface area contributed by atoms with Gasteiger partial charge in [-0.3, -0.25) is 5.10 Å². The highest BCUT2D eigenvalue weighted by Crippen LogP contribution is 2.46. The van der Waals surface area contributed by atoms with Crippen LogP contribution in [0, 0.1) is 25.2 Å². The number of ether oxygens (including phenoxy) is 1. The highest BCUT2D eigenvalue weighted by Gasteiger charge is 2.36. The third-order valence-electron chi connectivity index (χ3n) is 4.74. The molecule has 26 heavy (non-hydrogen) atoms. The molecule has 0 unspecified atom stereocenters. The summed E-state index contributed by atoms with van der Waals surface area (Å²) in [6.45, 7) is 4.10. The Kier molecular flexibility index (Phi) is 3.74. The van der Waals surface area contributed by atoms with E-state index >= 15 is 0 Å². The molecule has 2 heterocycles. The molecule has 1 aliphatic rings. The molecule has 2 aromatic carbocycles. The van der Waals surface area contributed by atoms with Crippen molar-refractivity contribution >= 4 is 0 Å². The van der Waals surface area contributed by atoms with Crippen molar-refractivity contribution in [2.45, 2.75) is 19.8 Å². The average Bonchev–Trinajstić information content (AvgIpc) is 3.05. The predicted molar refractivity (Wildman–Crippen MR) is 99.2 cm³/mol. The van der Waals surface area contributed by atoms with E-state index in [2.05, 4.69) is 35.3 Å². The van der Waals surface area contributed by atoms with Crippen LogP contribution in [0.2, 0.25) is 0 Å². The minimum absolute atomic E-state index is 0.107. The van der Waals surface area contributed by atoms with E-state index in [1.54, 1.807) is 0 Å². The summed E-state index contributed by atoms with van der Waals surface area (Å²) >= 11 is 0. The third-order valence-corrected chi connectivity index (χ3v) is 4.74. The van der Waals surface area contributed by atoms with Crippen molar-refractivity contribution in [2.75, 3.05) is 0 Å². The Hall–Kier alpha value is -3.52. The van der Waals surface area contributed by atoms with Crippen LogP contribution in [0.15, 0.2) is 60.0 Å². The Bertz CT molecular complexity index is 1060. The summed E-state index contributed by atoms with van der Waals surface area (Å²) in [7, 11) is 0. The molecule has 0 saturated heterocycles. The molecule has 0 radical (unpaired) electrons. The first-order valence-electron chi connectivity index (χ1n) is 8.38. The lowest BCUT2D eigenvalue weighted by Gasteiger charge is -2.25. The lowest BCUT2D eigenvalue weighted by atomic mass is 9.81. The molecule has 3 aromatic rings. The van der Waals surface area contributed by atoms with Crippen LogP contribution in [0.1, 0.15) is 28.2 Å². The molecule has 128 valence electrons. The number of H-pyrrole nitrogens is 1. The van der Waals surface area contributed by atoms with Gasteiger partial charge in [0.25, 0.3) is 0 Å². The molecule has 4 rings (SSSR count). The van der Waals surface area contributed by atoms with E-state index in [0.717, 1.165) is 27.9 Å². The Morgan fingerprint density at radius 2 is 1.92 bits per heavy atom. The van der Waals surface area contributed by atoms with Crippen LogP contribution in [0.25, 0.3) is 11.3 Å². The lowest BCUT2D eigenvalue weighted by Crippen LogP contribution is -2.21. The van der Waals surface area contributed by atoms with Crippen LogP contribution in [0.4, 0.5) is 0 Å². The number of nitrogens with two attached hydrogens (primary N) is 1. The fraction of sp³-hybridized carbons (Fsp3) is 0.143. The number of aryl methyl sites for hydroxylation is 2. The monoisotopic (exact) mass is 342 g/mol. The molecule has 0 amide bonds. The number of nitrogens with zero attached hydrogens (tertiary/aromatic N) is 2. The van der Waals surface area contributed by atoms with E-state index < -0.39 is 0 Å². The Balaban J connectivity index is 1.99. The van der Waals surface area contributed by atoms with Gasteiger partial charge in [0.05, 0.1) is 17.2 Å². The summed E-state index contributed by atoms with van der Waals surface area (Å²) in [6, 6.07) is 18.3. The summed E-state index contributed by atoms with van der Waals surface area (Å²) in [5, 5.41) is 17.1. The number of hydrogen-bond acceptors (Lipinski definition) is 4. The molecule has 1 atom stereocenters. The SMILES string of the molecule is Cc1ccc([C@H]2C(C#N)=C(N)Oc3n[nH]c(-c4ccccc4)c32)c(C)c1. The summed E-state index contributed by atoms with van der Waals surface area (Å²) in [6.07, 6.45) is 0. The van der Waals surface area contributed by atoms with Crippen molar-refractivity contribution in [1.82, 2.24) is 10.2 Å². The number of rotatable bonds is 2. The highest BCUT2D eigenvalue weighted by atomic mass is 16.5. The van der Waals surface area contributed by atoms with Crippen molar-refractivity contribution < 1.29 is 4.74 Å². The zero-order valence-corrected chi connectivity index (χ0v) is 14.6. The highest BCUT2D eigenvalue weighted by molar-refractivity contribution is 5.71. The van der Waals surface area contributed by atoms with Crippen LogP contribution in [-0.2, 0) is 0 Å². The van der Waals surface area contributed by atoms with Gasteiger partial charge in [0.1, 0.15) is 11.6 Å². The van der Waals surface area contributed by atoms with Gasteiger partial charge >= 0.3 is 0 Å². The molecule has 0 saturated carbocycles. The molecule has 5 heteroatoms. The van der Waals surface area contributed by atoms with E-state index in [4.69, 9.17) is 10.5 Å². The smallest absolute Gasteiger partial charge is 0.244 e. The molecule has 1 aromatic heterocycles. The summed E-state index contributed by atoms with van der Waals surface area (Å²) in [5.74, 6) is 0.208. The van der Waals surface area contributed by atoms with Gasteiger partial charge in [-0.15, -0.1) is 5.10 Å². The molecule has 0 aliphatic carbocycles. The normalized spacial score (nSPS) is 16.0. The van der Waals surface area contributed by atoms with Crippen molar-refractivity contribution in [2.24, 2.45) is 5.73 Å². The quantitative estimate of drug-likeness (QED) is 0.739. The topological polar surface area (TPSA) is 87.7 Å². The second-order valence-electron chi connectivity index (χ2n) is 6.47. The Labute approximate surface area is 151 Å². The number of aromatic nitrogens is 2. The minimum Gasteiger partial charge on any atom is -0.420 e. The second-order valence-corrected chi connectivity index (χ2v) is 6.47. The molecule has 3 N–H and O–H groups in total. The van der Waals surface area contributed by atoms with Gasteiger partial charge in [0.15, 0.2) is 0 Å². The number of nitriles is 1.